The summed E-state index contributed by atoms with van der Waals surface area (Å²) in [6, 6.07) is 13.9. The molecule has 2 N–H and O–H groups in total. The molecule has 0 aliphatic heterocycles. The predicted octanol–water partition coefficient (Wildman–Crippen LogP) is 4.26. The standard InChI is InChI=1S/C21H20N2O4S/c1-3-14-7-9-15(10-8-14)18-12-28-21(22-18)23-19(25)13(2)27-20(26)16-5-4-6-17(24)11-16/h4-13,24H,3H2,1-2H3,(H,22,23,25)/t13-/m0/s1. The molecule has 0 aliphatic carbocycles. The average Bonchev–Trinajstić information content (AvgIpc) is 3.16. The van der Waals surface area contributed by atoms with Crippen molar-refractivity contribution in [3.63, 3.8) is 0 Å². The second-order valence-electron chi connectivity index (χ2n) is 6.18. The molecule has 28 heavy (non-hydrogen) atoms. The van der Waals surface area contributed by atoms with Crippen molar-refractivity contribution >= 4 is 28.3 Å². The van der Waals surface area contributed by atoms with Crippen LogP contribution < -0.4 is 5.32 Å². The molecule has 0 aliphatic rings. The second kappa shape index (κ2) is 8.67. The Morgan fingerprint density at radius 3 is 2.64 bits per heavy atom. The number of benzene rings is 2. The number of esters is 1. The molecule has 0 bridgehead atoms. The lowest BCUT2D eigenvalue weighted by Crippen LogP contribution is -2.29. The minimum Gasteiger partial charge on any atom is -0.508 e. The first-order chi connectivity index (χ1) is 13.5. The summed E-state index contributed by atoms with van der Waals surface area (Å²) in [5.41, 5.74) is 3.16. The number of hydrogen-bond donors (Lipinski definition) is 2. The fraction of sp³-hybridized carbons (Fsp3) is 0.190. The Kier molecular flexibility index (Phi) is 6.06. The van der Waals surface area contributed by atoms with Crippen LogP contribution in [0.3, 0.4) is 0 Å². The summed E-state index contributed by atoms with van der Waals surface area (Å²) in [5.74, 6) is -1.21. The van der Waals surface area contributed by atoms with E-state index in [-0.39, 0.29) is 11.3 Å². The lowest BCUT2D eigenvalue weighted by atomic mass is 10.1. The number of carbonyl (C=O) groups is 2. The highest BCUT2D eigenvalue weighted by molar-refractivity contribution is 7.14. The molecular weight excluding hydrogens is 376 g/mol. The highest BCUT2D eigenvalue weighted by Gasteiger charge is 2.20. The van der Waals surface area contributed by atoms with Crippen LogP contribution in [0, 0.1) is 0 Å². The van der Waals surface area contributed by atoms with Crippen molar-refractivity contribution in [1.29, 1.82) is 0 Å². The molecule has 0 saturated carbocycles. The van der Waals surface area contributed by atoms with Gasteiger partial charge in [-0.25, -0.2) is 9.78 Å². The molecule has 2 aromatic carbocycles. The molecule has 0 spiro atoms. The van der Waals surface area contributed by atoms with E-state index in [1.54, 1.807) is 0 Å². The van der Waals surface area contributed by atoms with Gasteiger partial charge in [-0.3, -0.25) is 10.1 Å². The van der Waals surface area contributed by atoms with Crippen LogP contribution in [0.1, 0.15) is 29.8 Å². The van der Waals surface area contributed by atoms with Crippen molar-refractivity contribution in [2.24, 2.45) is 0 Å². The van der Waals surface area contributed by atoms with Crippen LogP contribution in [0.5, 0.6) is 5.75 Å². The van der Waals surface area contributed by atoms with Crippen LogP contribution in [-0.4, -0.2) is 28.1 Å². The van der Waals surface area contributed by atoms with Crippen LogP contribution in [-0.2, 0) is 16.0 Å². The number of nitrogens with one attached hydrogen (secondary N) is 1. The normalized spacial score (nSPS) is 11.6. The molecule has 6 nitrogen and oxygen atoms in total. The van der Waals surface area contributed by atoms with E-state index in [2.05, 4.69) is 29.4 Å². The largest absolute Gasteiger partial charge is 0.508 e. The van der Waals surface area contributed by atoms with Gasteiger partial charge in [0.05, 0.1) is 11.3 Å². The van der Waals surface area contributed by atoms with Crippen LogP contribution in [0.15, 0.2) is 53.9 Å². The third-order valence-electron chi connectivity index (χ3n) is 4.13. The van der Waals surface area contributed by atoms with Gasteiger partial charge in [0.2, 0.25) is 0 Å². The van der Waals surface area contributed by atoms with Gasteiger partial charge in [-0.1, -0.05) is 37.3 Å². The van der Waals surface area contributed by atoms with Crippen molar-refractivity contribution in [2.45, 2.75) is 26.4 Å². The molecule has 0 unspecified atom stereocenters. The summed E-state index contributed by atoms with van der Waals surface area (Å²) in [5, 5.41) is 14.4. The van der Waals surface area contributed by atoms with E-state index in [0.717, 1.165) is 17.7 Å². The molecular formula is C21H20N2O4S. The van der Waals surface area contributed by atoms with Gasteiger partial charge in [-0.05, 0) is 37.1 Å². The van der Waals surface area contributed by atoms with E-state index in [1.807, 2.05) is 17.5 Å². The van der Waals surface area contributed by atoms with Crippen LogP contribution in [0.2, 0.25) is 0 Å². The number of anilines is 1. The Hall–Kier alpha value is -3.19. The van der Waals surface area contributed by atoms with Gasteiger partial charge in [0.1, 0.15) is 5.75 Å². The lowest BCUT2D eigenvalue weighted by molar-refractivity contribution is -0.123. The van der Waals surface area contributed by atoms with E-state index >= 15 is 0 Å². The predicted molar refractivity (Wildman–Crippen MR) is 109 cm³/mol. The van der Waals surface area contributed by atoms with E-state index in [0.29, 0.717) is 5.13 Å². The van der Waals surface area contributed by atoms with Crippen molar-refractivity contribution in [2.75, 3.05) is 5.32 Å². The van der Waals surface area contributed by atoms with Crippen molar-refractivity contribution < 1.29 is 19.4 Å². The van der Waals surface area contributed by atoms with Gasteiger partial charge in [-0.2, -0.15) is 0 Å². The fourth-order valence-corrected chi connectivity index (χ4v) is 3.22. The quantitative estimate of drug-likeness (QED) is 0.608. The topological polar surface area (TPSA) is 88.5 Å². The first kappa shape index (κ1) is 19.6. The zero-order valence-corrected chi connectivity index (χ0v) is 16.3. The number of rotatable bonds is 6. The Balaban J connectivity index is 1.61. The Morgan fingerprint density at radius 2 is 1.96 bits per heavy atom. The molecule has 0 radical (unpaired) electrons. The smallest absolute Gasteiger partial charge is 0.339 e. The van der Waals surface area contributed by atoms with Crippen LogP contribution in [0.4, 0.5) is 5.13 Å². The van der Waals surface area contributed by atoms with Gasteiger partial charge in [-0.15, -0.1) is 11.3 Å². The van der Waals surface area contributed by atoms with Gasteiger partial charge < -0.3 is 9.84 Å². The third kappa shape index (κ3) is 4.75. The van der Waals surface area contributed by atoms with E-state index < -0.39 is 18.0 Å². The molecule has 3 aromatic rings. The zero-order chi connectivity index (χ0) is 20.1. The number of aryl methyl sites for hydroxylation is 1. The number of aromatic hydroxyl groups is 1. The Morgan fingerprint density at radius 1 is 1.21 bits per heavy atom. The number of hydrogen-bond acceptors (Lipinski definition) is 6. The molecule has 1 atom stereocenters. The first-order valence-corrected chi connectivity index (χ1v) is 9.70. The highest BCUT2D eigenvalue weighted by atomic mass is 32.1. The number of aromatic nitrogens is 1. The minimum absolute atomic E-state index is 0.0474. The maximum absolute atomic E-state index is 12.3. The molecule has 3 rings (SSSR count). The fourth-order valence-electron chi connectivity index (χ4n) is 2.50. The number of phenolic OH excluding ortho intramolecular Hbond substituents is 1. The van der Waals surface area contributed by atoms with Gasteiger partial charge in [0.15, 0.2) is 11.2 Å². The maximum atomic E-state index is 12.3. The molecule has 0 saturated heterocycles. The second-order valence-corrected chi connectivity index (χ2v) is 7.03. The molecule has 0 fully saturated rings. The SMILES string of the molecule is CCc1ccc(-c2csc(NC(=O)[C@H](C)OC(=O)c3cccc(O)c3)n2)cc1. The summed E-state index contributed by atoms with van der Waals surface area (Å²) in [4.78, 5) is 28.8. The summed E-state index contributed by atoms with van der Waals surface area (Å²) < 4.78 is 5.16. The Bertz CT molecular complexity index is 982. The van der Waals surface area contributed by atoms with Gasteiger partial charge in [0.25, 0.3) is 5.91 Å². The molecule has 144 valence electrons. The number of phenols is 1. The van der Waals surface area contributed by atoms with Gasteiger partial charge in [0, 0.05) is 10.9 Å². The summed E-state index contributed by atoms with van der Waals surface area (Å²) in [7, 11) is 0. The number of carbonyl (C=O) groups excluding carboxylic acids is 2. The zero-order valence-electron chi connectivity index (χ0n) is 15.5. The maximum Gasteiger partial charge on any atom is 0.339 e. The van der Waals surface area contributed by atoms with Gasteiger partial charge >= 0.3 is 5.97 Å². The Labute approximate surface area is 166 Å². The van der Waals surface area contributed by atoms with E-state index in [9.17, 15) is 14.7 Å². The van der Waals surface area contributed by atoms with Crippen LogP contribution >= 0.6 is 11.3 Å². The molecule has 7 heteroatoms. The van der Waals surface area contributed by atoms with Crippen molar-refractivity contribution in [3.8, 4) is 17.0 Å². The first-order valence-electron chi connectivity index (χ1n) is 8.82. The summed E-state index contributed by atoms with van der Waals surface area (Å²) in [6.07, 6.45) is -0.0382. The molecule has 1 heterocycles. The van der Waals surface area contributed by atoms with Crippen LogP contribution in [0.25, 0.3) is 11.3 Å². The summed E-state index contributed by atoms with van der Waals surface area (Å²) in [6.45, 7) is 3.58. The van der Waals surface area contributed by atoms with Crippen molar-refractivity contribution in [1.82, 2.24) is 4.98 Å². The molecule has 1 aromatic heterocycles. The number of nitrogens with zero attached hydrogens (tertiary/aromatic N) is 1. The lowest BCUT2D eigenvalue weighted by Gasteiger charge is -2.12. The average molecular weight is 396 g/mol. The summed E-state index contributed by atoms with van der Waals surface area (Å²) >= 11 is 1.30. The van der Waals surface area contributed by atoms with Crippen molar-refractivity contribution in [3.05, 3.63) is 65.0 Å². The third-order valence-corrected chi connectivity index (χ3v) is 4.88. The number of ether oxygens (including phenoxy) is 1. The molecule has 1 amide bonds. The number of thiazole rings is 1. The van der Waals surface area contributed by atoms with E-state index in [4.69, 9.17) is 4.74 Å². The number of amides is 1. The highest BCUT2D eigenvalue weighted by Crippen LogP contribution is 2.25. The minimum atomic E-state index is -1.01. The van der Waals surface area contributed by atoms with E-state index in [1.165, 1.54) is 48.1 Å². The monoisotopic (exact) mass is 396 g/mol.